The van der Waals surface area contributed by atoms with Crippen molar-refractivity contribution in [1.29, 1.82) is 0 Å². The lowest BCUT2D eigenvalue weighted by Gasteiger charge is -1.96. The van der Waals surface area contributed by atoms with Gasteiger partial charge in [0.1, 0.15) is 5.76 Å². The third kappa shape index (κ3) is 3.77. The Bertz CT molecular complexity index is 646. The second kappa shape index (κ2) is 6.32. The van der Waals surface area contributed by atoms with Crippen LogP contribution in [-0.2, 0) is 4.79 Å². The van der Waals surface area contributed by atoms with Crippen molar-refractivity contribution in [2.24, 2.45) is 0 Å². The van der Waals surface area contributed by atoms with E-state index in [1.54, 1.807) is 12.4 Å². The van der Waals surface area contributed by atoms with Gasteiger partial charge in [-0.3, -0.25) is 4.79 Å². The van der Waals surface area contributed by atoms with Crippen LogP contribution in [0.15, 0.2) is 16.8 Å². The molecular formula is C13H14BrN3O2S. The van der Waals surface area contributed by atoms with Gasteiger partial charge in [0.25, 0.3) is 0 Å². The van der Waals surface area contributed by atoms with Gasteiger partial charge in [0.15, 0.2) is 5.13 Å². The number of hydrogen-bond donors (Lipinski definition) is 1. The molecule has 2 aromatic heterocycles. The highest BCUT2D eigenvalue weighted by atomic mass is 79.9. The van der Waals surface area contributed by atoms with Crippen LogP contribution in [0.2, 0.25) is 0 Å². The third-order valence-corrected chi connectivity index (χ3v) is 3.80. The Morgan fingerprint density at radius 3 is 2.80 bits per heavy atom. The molecule has 0 saturated heterocycles. The maximum absolute atomic E-state index is 10.9. The molecule has 0 saturated carbocycles. The summed E-state index contributed by atoms with van der Waals surface area (Å²) in [6.45, 7) is 5.54. The van der Waals surface area contributed by atoms with E-state index in [0.717, 1.165) is 15.1 Å². The van der Waals surface area contributed by atoms with Gasteiger partial charge < -0.3 is 9.73 Å². The number of halogens is 1. The van der Waals surface area contributed by atoms with Gasteiger partial charge in [-0.05, 0) is 22.0 Å². The van der Waals surface area contributed by atoms with E-state index in [9.17, 15) is 4.79 Å². The molecule has 106 valence electrons. The Morgan fingerprint density at radius 1 is 1.45 bits per heavy atom. The van der Waals surface area contributed by atoms with Crippen molar-refractivity contribution in [3.63, 3.8) is 0 Å². The SMILES string of the molecule is CC(=O)Nc1ncc(/C=C(/Br)c2ncc(C(C)C)o2)s1. The lowest BCUT2D eigenvalue weighted by atomic mass is 10.2. The van der Waals surface area contributed by atoms with Crippen LogP contribution >= 0.6 is 27.3 Å². The van der Waals surface area contributed by atoms with E-state index in [-0.39, 0.29) is 5.91 Å². The molecule has 1 N–H and O–H groups in total. The summed E-state index contributed by atoms with van der Waals surface area (Å²) in [5, 5.41) is 3.21. The Balaban J connectivity index is 2.16. The minimum atomic E-state index is -0.136. The zero-order chi connectivity index (χ0) is 14.7. The lowest BCUT2D eigenvalue weighted by molar-refractivity contribution is -0.114. The maximum Gasteiger partial charge on any atom is 0.233 e. The quantitative estimate of drug-likeness (QED) is 0.895. The molecule has 20 heavy (non-hydrogen) atoms. The molecule has 5 nitrogen and oxygen atoms in total. The first-order chi connectivity index (χ1) is 9.45. The molecule has 7 heteroatoms. The summed E-state index contributed by atoms with van der Waals surface area (Å²) >= 11 is 4.82. The summed E-state index contributed by atoms with van der Waals surface area (Å²) < 4.78 is 6.38. The molecule has 0 fully saturated rings. The highest BCUT2D eigenvalue weighted by Crippen LogP contribution is 2.29. The average Bonchev–Trinajstić information content (AvgIpc) is 2.97. The van der Waals surface area contributed by atoms with Crippen LogP contribution in [0.1, 0.15) is 43.2 Å². The fourth-order valence-corrected chi connectivity index (χ4v) is 2.80. The van der Waals surface area contributed by atoms with Crippen molar-refractivity contribution in [3.05, 3.63) is 28.9 Å². The largest absolute Gasteiger partial charge is 0.440 e. The number of amides is 1. The highest BCUT2D eigenvalue weighted by Gasteiger charge is 2.10. The van der Waals surface area contributed by atoms with E-state index >= 15 is 0 Å². The van der Waals surface area contributed by atoms with Crippen molar-refractivity contribution >= 4 is 48.9 Å². The first-order valence-corrected chi connectivity index (χ1v) is 7.63. The summed E-state index contributed by atoms with van der Waals surface area (Å²) in [6, 6.07) is 0. The molecule has 0 aliphatic rings. The summed E-state index contributed by atoms with van der Waals surface area (Å²) in [6.07, 6.45) is 5.27. The summed E-state index contributed by atoms with van der Waals surface area (Å²) in [5.41, 5.74) is 0. The fourth-order valence-electron chi connectivity index (χ4n) is 1.41. The van der Waals surface area contributed by atoms with Gasteiger partial charge in [-0.15, -0.1) is 0 Å². The predicted octanol–water partition coefficient (Wildman–Crippen LogP) is 4.11. The van der Waals surface area contributed by atoms with Crippen molar-refractivity contribution in [1.82, 2.24) is 9.97 Å². The van der Waals surface area contributed by atoms with E-state index in [4.69, 9.17) is 4.42 Å². The number of aromatic nitrogens is 2. The van der Waals surface area contributed by atoms with E-state index in [1.807, 2.05) is 19.9 Å². The smallest absolute Gasteiger partial charge is 0.233 e. The lowest BCUT2D eigenvalue weighted by Crippen LogP contribution is -2.04. The number of carbonyl (C=O) groups is 1. The zero-order valence-corrected chi connectivity index (χ0v) is 13.7. The number of nitrogens with zero attached hydrogens (tertiary/aromatic N) is 2. The van der Waals surface area contributed by atoms with Gasteiger partial charge in [-0.25, -0.2) is 9.97 Å². The molecule has 0 spiro atoms. The molecule has 2 heterocycles. The minimum absolute atomic E-state index is 0.136. The van der Waals surface area contributed by atoms with Gasteiger partial charge in [-0.2, -0.15) is 0 Å². The molecule has 0 bridgehead atoms. The first-order valence-electron chi connectivity index (χ1n) is 6.02. The number of nitrogens with one attached hydrogen (secondary N) is 1. The molecule has 0 radical (unpaired) electrons. The molecule has 0 aliphatic heterocycles. The van der Waals surface area contributed by atoms with E-state index < -0.39 is 0 Å². The van der Waals surface area contributed by atoms with Gasteiger partial charge >= 0.3 is 0 Å². The van der Waals surface area contributed by atoms with Gasteiger partial charge in [0.05, 0.1) is 15.6 Å². The van der Waals surface area contributed by atoms with Crippen LogP contribution in [-0.4, -0.2) is 15.9 Å². The van der Waals surface area contributed by atoms with Crippen molar-refractivity contribution in [2.45, 2.75) is 26.7 Å². The van der Waals surface area contributed by atoms with Crippen LogP contribution in [0.4, 0.5) is 5.13 Å². The molecule has 2 rings (SSSR count). The van der Waals surface area contributed by atoms with Crippen LogP contribution in [0, 0.1) is 0 Å². The van der Waals surface area contributed by atoms with Gasteiger partial charge in [0, 0.05) is 19.0 Å². The van der Waals surface area contributed by atoms with Crippen LogP contribution in [0.5, 0.6) is 0 Å². The second-order valence-corrected chi connectivity index (χ2v) is 6.38. The fraction of sp³-hybridized carbons (Fsp3) is 0.308. The standard InChI is InChI=1S/C13H14BrN3O2S/c1-7(2)11-6-15-12(19-11)10(14)4-9-5-16-13(20-9)17-8(3)18/h4-7H,1-3H3,(H,16,17,18)/b10-4+. The Labute approximate surface area is 129 Å². The van der Waals surface area contributed by atoms with Crippen LogP contribution in [0.3, 0.4) is 0 Å². The summed E-state index contributed by atoms with van der Waals surface area (Å²) in [5.74, 6) is 1.53. The number of thiazole rings is 1. The summed E-state index contributed by atoms with van der Waals surface area (Å²) in [7, 11) is 0. The normalized spacial score (nSPS) is 11.9. The van der Waals surface area contributed by atoms with Gasteiger partial charge in [-0.1, -0.05) is 25.2 Å². The molecule has 0 aliphatic carbocycles. The molecule has 0 aromatic carbocycles. The van der Waals surface area contributed by atoms with Crippen molar-refractivity contribution in [3.8, 4) is 0 Å². The number of carbonyl (C=O) groups excluding carboxylic acids is 1. The van der Waals surface area contributed by atoms with Crippen molar-refractivity contribution < 1.29 is 9.21 Å². The maximum atomic E-state index is 10.9. The van der Waals surface area contributed by atoms with E-state index in [1.165, 1.54) is 18.3 Å². The topological polar surface area (TPSA) is 68.0 Å². The van der Waals surface area contributed by atoms with E-state index in [0.29, 0.717) is 16.9 Å². The Morgan fingerprint density at radius 2 is 2.20 bits per heavy atom. The van der Waals surface area contributed by atoms with Gasteiger partial charge in [0.2, 0.25) is 11.8 Å². The number of hydrogen-bond acceptors (Lipinski definition) is 5. The number of oxazole rings is 1. The van der Waals surface area contributed by atoms with E-state index in [2.05, 4.69) is 31.2 Å². The average molecular weight is 356 g/mol. The molecule has 0 unspecified atom stereocenters. The monoisotopic (exact) mass is 355 g/mol. The molecule has 0 atom stereocenters. The van der Waals surface area contributed by atoms with Crippen molar-refractivity contribution in [2.75, 3.05) is 5.32 Å². The Kier molecular flexibility index (Phi) is 4.72. The zero-order valence-electron chi connectivity index (χ0n) is 11.3. The molecule has 2 aromatic rings. The Hall–Kier alpha value is -1.47. The second-order valence-electron chi connectivity index (χ2n) is 4.46. The molecule has 1 amide bonds. The minimum Gasteiger partial charge on any atom is -0.440 e. The van der Waals surface area contributed by atoms with Crippen LogP contribution in [0.25, 0.3) is 10.6 Å². The highest BCUT2D eigenvalue weighted by molar-refractivity contribution is 9.15. The predicted molar refractivity (Wildman–Crippen MR) is 83.8 cm³/mol. The number of anilines is 1. The van der Waals surface area contributed by atoms with Crippen LogP contribution < -0.4 is 5.32 Å². The summed E-state index contributed by atoms with van der Waals surface area (Å²) in [4.78, 5) is 20.2. The number of rotatable bonds is 4. The third-order valence-electron chi connectivity index (χ3n) is 2.37. The molecular weight excluding hydrogens is 342 g/mol. The first kappa shape index (κ1) is 14.9.